The van der Waals surface area contributed by atoms with Gasteiger partial charge in [0.05, 0.1) is 0 Å². The van der Waals surface area contributed by atoms with Gasteiger partial charge in [-0.3, -0.25) is 4.90 Å². The smallest absolute Gasteiger partial charge is 0.0233 e. The molecule has 0 unspecified atom stereocenters. The van der Waals surface area contributed by atoms with E-state index in [-0.39, 0.29) is 0 Å². The quantitative estimate of drug-likeness (QED) is 0.819. The van der Waals surface area contributed by atoms with Crippen LogP contribution in [-0.4, -0.2) is 24.0 Å². The average Bonchev–Trinajstić information content (AvgIpc) is 2.89. The van der Waals surface area contributed by atoms with Crippen LogP contribution in [0.3, 0.4) is 0 Å². The molecular formula is C14H20N2. The standard InChI is InChI=1S/C14H20N2/c15-13-9-14(13)7-4-8-16(11-14)10-12-5-2-1-3-6-12/h1-3,5-6,13H,4,7-11,15H2/t13-,14-/m0/s1. The van der Waals surface area contributed by atoms with E-state index in [0.717, 1.165) is 6.54 Å². The lowest BCUT2D eigenvalue weighted by atomic mass is 9.94. The van der Waals surface area contributed by atoms with Gasteiger partial charge >= 0.3 is 0 Å². The van der Waals surface area contributed by atoms with Crippen LogP contribution in [0.15, 0.2) is 30.3 Å². The topological polar surface area (TPSA) is 29.3 Å². The molecule has 1 aromatic carbocycles. The van der Waals surface area contributed by atoms with Gasteiger partial charge in [-0.25, -0.2) is 0 Å². The highest BCUT2D eigenvalue weighted by molar-refractivity contribution is 5.16. The summed E-state index contributed by atoms with van der Waals surface area (Å²) >= 11 is 0. The van der Waals surface area contributed by atoms with Crippen molar-refractivity contribution in [3.63, 3.8) is 0 Å². The molecule has 2 fully saturated rings. The Labute approximate surface area is 97.4 Å². The normalized spacial score (nSPS) is 34.2. The van der Waals surface area contributed by atoms with Gasteiger partial charge in [-0.1, -0.05) is 30.3 Å². The summed E-state index contributed by atoms with van der Waals surface area (Å²) in [4.78, 5) is 2.58. The summed E-state index contributed by atoms with van der Waals surface area (Å²) < 4.78 is 0. The highest BCUT2D eigenvalue weighted by atomic mass is 15.2. The van der Waals surface area contributed by atoms with E-state index in [9.17, 15) is 0 Å². The SMILES string of the molecule is N[C@H]1C[C@]12CCCN(Cc1ccccc1)C2. The molecule has 1 saturated carbocycles. The zero-order valence-corrected chi connectivity index (χ0v) is 9.73. The summed E-state index contributed by atoms with van der Waals surface area (Å²) in [6.45, 7) is 3.54. The van der Waals surface area contributed by atoms with Crippen molar-refractivity contribution in [2.75, 3.05) is 13.1 Å². The van der Waals surface area contributed by atoms with Crippen molar-refractivity contribution in [1.82, 2.24) is 4.90 Å². The number of nitrogens with zero attached hydrogens (tertiary/aromatic N) is 1. The van der Waals surface area contributed by atoms with Crippen LogP contribution in [0, 0.1) is 5.41 Å². The number of rotatable bonds is 2. The fraction of sp³-hybridized carbons (Fsp3) is 0.571. The Morgan fingerprint density at radius 3 is 2.75 bits per heavy atom. The van der Waals surface area contributed by atoms with E-state index in [0.29, 0.717) is 11.5 Å². The Kier molecular flexibility index (Phi) is 2.49. The van der Waals surface area contributed by atoms with E-state index in [1.54, 1.807) is 0 Å². The van der Waals surface area contributed by atoms with Gasteiger partial charge in [0, 0.05) is 19.1 Å². The second kappa shape index (κ2) is 3.86. The fourth-order valence-electron chi connectivity index (χ4n) is 3.08. The molecule has 1 aliphatic carbocycles. The molecule has 2 N–H and O–H groups in total. The molecule has 16 heavy (non-hydrogen) atoms. The Morgan fingerprint density at radius 2 is 2.06 bits per heavy atom. The van der Waals surface area contributed by atoms with E-state index in [2.05, 4.69) is 35.2 Å². The number of likely N-dealkylation sites (tertiary alicyclic amines) is 1. The highest BCUT2D eigenvalue weighted by Crippen LogP contribution is 2.51. The predicted octanol–water partition coefficient (Wildman–Crippen LogP) is 2.00. The number of nitrogens with two attached hydrogens (primary N) is 1. The largest absolute Gasteiger partial charge is 0.327 e. The lowest BCUT2D eigenvalue weighted by Gasteiger charge is -2.33. The summed E-state index contributed by atoms with van der Waals surface area (Å²) in [5.74, 6) is 0. The monoisotopic (exact) mass is 216 g/mol. The van der Waals surface area contributed by atoms with Gasteiger partial charge in [0.25, 0.3) is 0 Å². The minimum atomic E-state index is 0.478. The van der Waals surface area contributed by atoms with Crippen molar-refractivity contribution in [2.45, 2.75) is 31.8 Å². The first kappa shape index (κ1) is 10.3. The molecule has 2 atom stereocenters. The van der Waals surface area contributed by atoms with Crippen molar-refractivity contribution in [2.24, 2.45) is 11.1 Å². The van der Waals surface area contributed by atoms with Crippen molar-refractivity contribution in [3.8, 4) is 0 Å². The Morgan fingerprint density at radius 1 is 1.31 bits per heavy atom. The zero-order chi connectivity index (χ0) is 11.0. The van der Waals surface area contributed by atoms with E-state index >= 15 is 0 Å². The summed E-state index contributed by atoms with van der Waals surface area (Å²) in [7, 11) is 0. The highest BCUT2D eigenvalue weighted by Gasteiger charge is 2.53. The maximum Gasteiger partial charge on any atom is 0.0233 e. The molecule has 3 rings (SSSR count). The maximum absolute atomic E-state index is 6.06. The zero-order valence-electron chi connectivity index (χ0n) is 9.73. The number of hydrogen-bond acceptors (Lipinski definition) is 2. The molecule has 1 aromatic rings. The minimum absolute atomic E-state index is 0.478. The summed E-state index contributed by atoms with van der Waals surface area (Å²) in [6.07, 6.45) is 3.91. The molecule has 2 heteroatoms. The average molecular weight is 216 g/mol. The second-order valence-corrected chi connectivity index (χ2v) is 5.47. The van der Waals surface area contributed by atoms with Crippen LogP contribution >= 0.6 is 0 Å². The van der Waals surface area contributed by atoms with Crippen molar-refractivity contribution >= 4 is 0 Å². The Bertz CT molecular complexity index is 362. The van der Waals surface area contributed by atoms with Crippen LogP contribution in [0.1, 0.15) is 24.8 Å². The van der Waals surface area contributed by atoms with E-state index < -0.39 is 0 Å². The molecule has 2 nitrogen and oxygen atoms in total. The van der Waals surface area contributed by atoms with Crippen LogP contribution in [0.2, 0.25) is 0 Å². The lowest BCUT2D eigenvalue weighted by Crippen LogP contribution is -2.38. The molecule has 0 bridgehead atoms. The van der Waals surface area contributed by atoms with Gasteiger partial charge in [0.1, 0.15) is 0 Å². The van der Waals surface area contributed by atoms with Crippen molar-refractivity contribution < 1.29 is 0 Å². The third-order valence-electron chi connectivity index (χ3n) is 4.19. The molecular weight excluding hydrogens is 196 g/mol. The molecule has 86 valence electrons. The summed E-state index contributed by atoms with van der Waals surface area (Å²) in [5, 5.41) is 0. The summed E-state index contributed by atoms with van der Waals surface area (Å²) in [6, 6.07) is 11.2. The first-order chi connectivity index (χ1) is 7.78. The van der Waals surface area contributed by atoms with Gasteiger partial charge in [-0.15, -0.1) is 0 Å². The molecule has 2 aliphatic rings. The Balaban J connectivity index is 1.64. The second-order valence-electron chi connectivity index (χ2n) is 5.47. The van der Waals surface area contributed by atoms with Crippen LogP contribution < -0.4 is 5.73 Å². The minimum Gasteiger partial charge on any atom is -0.327 e. The van der Waals surface area contributed by atoms with Crippen LogP contribution in [-0.2, 0) is 6.54 Å². The maximum atomic E-state index is 6.06. The number of benzene rings is 1. The Hall–Kier alpha value is -0.860. The van der Waals surface area contributed by atoms with Crippen molar-refractivity contribution in [1.29, 1.82) is 0 Å². The van der Waals surface area contributed by atoms with Crippen LogP contribution in [0.25, 0.3) is 0 Å². The fourth-order valence-corrected chi connectivity index (χ4v) is 3.08. The molecule has 0 radical (unpaired) electrons. The van der Waals surface area contributed by atoms with E-state index in [4.69, 9.17) is 5.73 Å². The van der Waals surface area contributed by atoms with Crippen molar-refractivity contribution in [3.05, 3.63) is 35.9 Å². The lowest BCUT2D eigenvalue weighted by molar-refractivity contribution is 0.150. The van der Waals surface area contributed by atoms with E-state index in [1.807, 2.05) is 0 Å². The van der Waals surface area contributed by atoms with Gasteiger partial charge < -0.3 is 5.73 Å². The number of hydrogen-bond donors (Lipinski definition) is 1. The van der Waals surface area contributed by atoms with Gasteiger partial charge in [-0.2, -0.15) is 0 Å². The molecule has 1 saturated heterocycles. The first-order valence-electron chi connectivity index (χ1n) is 6.30. The van der Waals surface area contributed by atoms with E-state index in [1.165, 1.54) is 37.9 Å². The third-order valence-corrected chi connectivity index (χ3v) is 4.19. The van der Waals surface area contributed by atoms with Crippen LogP contribution in [0.5, 0.6) is 0 Å². The first-order valence-corrected chi connectivity index (χ1v) is 6.30. The van der Waals surface area contributed by atoms with Crippen LogP contribution in [0.4, 0.5) is 0 Å². The number of piperidine rings is 1. The predicted molar refractivity (Wildman–Crippen MR) is 66.0 cm³/mol. The molecule has 1 spiro atoms. The van der Waals surface area contributed by atoms with Gasteiger partial charge in [-0.05, 0) is 36.8 Å². The van der Waals surface area contributed by atoms with Gasteiger partial charge in [0.15, 0.2) is 0 Å². The summed E-state index contributed by atoms with van der Waals surface area (Å²) in [5.41, 5.74) is 7.98. The van der Waals surface area contributed by atoms with Gasteiger partial charge in [0.2, 0.25) is 0 Å². The molecule has 1 aliphatic heterocycles. The molecule has 0 amide bonds. The molecule has 1 heterocycles. The third kappa shape index (κ3) is 1.87. The molecule has 0 aromatic heterocycles.